The molecular weight excluding hydrogens is 252 g/mol. The maximum absolute atomic E-state index is 5.74. The minimum absolute atomic E-state index is 0.501. The van der Waals surface area contributed by atoms with Crippen molar-refractivity contribution in [3.63, 3.8) is 0 Å². The van der Waals surface area contributed by atoms with E-state index >= 15 is 0 Å². The van der Waals surface area contributed by atoms with Crippen LogP contribution in [0.1, 0.15) is 11.1 Å². The van der Waals surface area contributed by atoms with Crippen LogP contribution in [0.2, 0.25) is 0 Å². The SMILES string of the molecule is COc1cccc(OCCOc2cc(C)ccc2C)c1. The molecule has 0 unspecified atom stereocenters. The van der Waals surface area contributed by atoms with E-state index in [1.54, 1.807) is 7.11 Å². The Labute approximate surface area is 120 Å². The van der Waals surface area contributed by atoms with Gasteiger partial charge in [-0.05, 0) is 43.2 Å². The van der Waals surface area contributed by atoms with E-state index in [9.17, 15) is 0 Å². The molecule has 2 rings (SSSR count). The molecule has 2 aromatic rings. The average molecular weight is 272 g/mol. The minimum atomic E-state index is 0.501. The Hall–Kier alpha value is -2.16. The second-order valence-corrected chi connectivity index (χ2v) is 4.64. The number of hydrogen-bond acceptors (Lipinski definition) is 3. The smallest absolute Gasteiger partial charge is 0.123 e. The summed E-state index contributed by atoms with van der Waals surface area (Å²) in [7, 11) is 1.64. The molecular formula is C17H20O3. The lowest BCUT2D eigenvalue weighted by Gasteiger charge is -2.11. The van der Waals surface area contributed by atoms with Crippen LogP contribution in [0.15, 0.2) is 42.5 Å². The van der Waals surface area contributed by atoms with Crippen LogP contribution in [0.3, 0.4) is 0 Å². The molecule has 0 saturated carbocycles. The molecule has 0 bridgehead atoms. The van der Waals surface area contributed by atoms with Gasteiger partial charge in [-0.15, -0.1) is 0 Å². The van der Waals surface area contributed by atoms with Gasteiger partial charge in [0.1, 0.15) is 30.5 Å². The van der Waals surface area contributed by atoms with Crippen LogP contribution in [0.4, 0.5) is 0 Å². The Kier molecular flexibility index (Phi) is 4.88. The van der Waals surface area contributed by atoms with Gasteiger partial charge in [-0.25, -0.2) is 0 Å². The first-order chi connectivity index (χ1) is 9.69. The van der Waals surface area contributed by atoms with Crippen molar-refractivity contribution < 1.29 is 14.2 Å². The first-order valence-electron chi connectivity index (χ1n) is 6.66. The highest BCUT2D eigenvalue weighted by molar-refractivity contribution is 5.36. The van der Waals surface area contributed by atoms with E-state index in [1.165, 1.54) is 5.56 Å². The van der Waals surface area contributed by atoms with Crippen molar-refractivity contribution in [2.24, 2.45) is 0 Å². The fraction of sp³-hybridized carbons (Fsp3) is 0.294. The molecule has 20 heavy (non-hydrogen) atoms. The van der Waals surface area contributed by atoms with E-state index < -0.39 is 0 Å². The average Bonchev–Trinajstić information content (AvgIpc) is 2.47. The fourth-order valence-electron chi connectivity index (χ4n) is 1.86. The molecule has 0 spiro atoms. The third-order valence-electron chi connectivity index (χ3n) is 2.99. The third-order valence-corrected chi connectivity index (χ3v) is 2.99. The van der Waals surface area contributed by atoms with Gasteiger partial charge in [0.2, 0.25) is 0 Å². The highest BCUT2D eigenvalue weighted by Gasteiger charge is 2.01. The molecule has 0 aliphatic carbocycles. The number of ether oxygens (including phenoxy) is 3. The van der Waals surface area contributed by atoms with Gasteiger partial charge in [0.15, 0.2) is 0 Å². The molecule has 3 heteroatoms. The molecule has 0 saturated heterocycles. The molecule has 0 aromatic heterocycles. The second kappa shape index (κ2) is 6.85. The van der Waals surface area contributed by atoms with E-state index in [4.69, 9.17) is 14.2 Å². The lowest BCUT2D eigenvalue weighted by atomic mass is 10.1. The van der Waals surface area contributed by atoms with Gasteiger partial charge in [-0.2, -0.15) is 0 Å². The summed E-state index contributed by atoms with van der Waals surface area (Å²) in [5, 5.41) is 0. The summed E-state index contributed by atoms with van der Waals surface area (Å²) in [4.78, 5) is 0. The standard InChI is InChI=1S/C17H20O3/c1-13-7-8-14(2)17(11-13)20-10-9-19-16-6-4-5-15(12-16)18-3/h4-8,11-12H,9-10H2,1-3H3. The van der Waals surface area contributed by atoms with E-state index in [2.05, 4.69) is 19.1 Å². The van der Waals surface area contributed by atoms with E-state index in [0.717, 1.165) is 22.8 Å². The van der Waals surface area contributed by atoms with Gasteiger partial charge in [0.05, 0.1) is 7.11 Å². The molecule has 0 aliphatic heterocycles. The van der Waals surface area contributed by atoms with E-state index in [0.29, 0.717) is 13.2 Å². The normalized spacial score (nSPS) is 10.2. The van der Waals surface area contributed by atoms with Crippen LogP contribution in [0.25, 0.3) is 0 Å². The van der Waals surface area contributed by atoms with Crippen molar-refractivity contribution in [1.82, 2.24) is 0 Å². The molecule has 3 nitrogen and oxygen atoms in total. The molecule has 106 valence electrons. The van der Waals surface area contributed by atoms with Gasteiger partial charge >= 0.3 is 0 Å². The predicted molar refractivity (Wildman–Crippen MR) is 79.9 cm³/mol. The molecule has 0 aliphatic rings. The first kappa shape index (κ1) is 14.3. The second-order valence-electron chi connectivity index (χ2n) is 4.64. The first-order valence-corrected chi connectivity index (χ1v) is 6.66. The van der Waals surface area contributed by atoms with Crippen LogP contribution in [0.5, 0.6) is 17.2 Å². The number of hydrogen-bond donors (Lipinski definition) is 0. The van der Waals surface area contributed by atoms with Crippen LogP contribution in [-0.4, -0.2) is 20.3 Å². The highest BCUT2D eigenvalue weighted by Crippen LogP contribution is 2.20. The number of aryl methyl sites for hydroxylation is 2. The van der Waals surface area contributed by atoms with Gasteiger partial charge in [-0.3, -0.25) is 0 Å². The summed E-state index contributed by atoms with van der Waals surface area (Å²) in [6, 6.07) is 13.7. The van der Waals surface area contributed by atoms with Gasteiger partial charge in [0, 0.05) is 6.07 Å². The molecule has 0 N–H and O–H groups in total. The molecule has 2 aromatic carbocycles. The quantitative estimate of drug-likeness (QED) is 0.749. The monoisotopic (exact) mass is 272 g/mol. The summed E-state index contributed by atoms with van der Waals surface area (Å²) in [6.07, 6.45) is 0. The van der Waals surface area contributed by atoms with Crippen molar-refractivity contribution in [1.29, 1.82) is 0 Å². The van der Waals surface area contributed by atoms with Crippen LogP contribution >= 0.6 is 0 Å². The number of benzene rings is 2. The zero-order valence-corrected chi connectivity index (χ0v) is 12.2. The van der Waals surface area contributed by atoms with Crippen LogP contribution < -0.4 is 14.2 Å². The number of rotatable bonds is 6. The molecule has 0 heterocycles. The summed E-state index contributed by atoms with van der Waals surface area (Å²) in [5.74, 6) is 2.49. The summed E-state index contributed by atoms with van der Waals surface area (Å²) < 4.78 is 16.5. The third kappa shape index (κ3) is 3.92. The minimum Gasteiger partial charge on any atom is -0.497 e. The molecule has 0 amide bonds. The lowest BCUT2D eigenvalue weighted by molar-refractivity contribution is 0.215. The highest BCUT2D eigenvalue weighted by atomic mass is 16.5. The lowest BCUT2D eigenvalue weighted by Crippen LogP contribution is -2.09. The van der Waals surface area contributed by atoms with Gasteiger partial charge in [0.25, 0.3) is 0 Å². The van der Waals surface area contributed by atoms with Gasteiger partial charge in [-0.1, -0.05) is 18.2 Å². The van der Waals surface area contributed by atoms with E-state index in [1.807, 2.05) is 37.3 Å². The topological polar surface area (TPSA) is 27.7 Å². The summed E-state index contributed by atoms with van der Waals surface area (Å²) >= 11 is 0. The largest absolute Gasteiger partial charge is 0.497 e. The van der Waals surface area contributed by atoms with Crippen molar-refractivity contribution in [2.75, 3.05) is 20.3 Å². The van der Waals surface area contributed by atoms with Crippen molar-refractivity contribution >= 4 is 0 Å². The summed E-state index contributed by atoms with van der Waals surface area (Å²) in [5.41, 5.74) is 2.33. The molecule has 0 fully saturated rings. The maximum atomic E-state index is 5.74. The predicted octanol–water partition coefficient (Wildman–Crippen LogP) is 3.77. The Morgan fingerprint density at radius 3 is 2.40 bits per heavy atom. The zero-order chi connectivity index (χ0) is 14.4. The molecule has 0 atom stereocenters. The Morgan fingerprint density at radius 1 is 0.850 bits per heavy atom. The Morgan fingerprint density at radius 2 is 1.60 bits per heavy atom. The van der Waals surface area contributed by atoms with Crippen molar-refractivity contribution in [2.45, 2.75) is 13.8 Å². The maximum Gasteiger partial charge on any atom is 0.123 e. The van der Waals surface area contributed by atoms with Crippen LogP contribution in [-0.2, 0) is 0 Å². The molecule has 0 radical (unpaired) electrons. The number of methoxy groups -OCH3 is 1. The Bertz CT molecular complexity index is 564. The zero-order valence-electron chi connectivity index (χ0n) is 12.2. The Balaban J connectivity index is 1.82. The fourth-order valence-corrected chi connectivity index (χ4v) is 1.86. The van der Waals surface area contributed by atoms with Gasteiger partial charge < -0.3 is 14.2 Å². The van der Waals surface area contributed by atoms with E-state index in [-0.39, 0.29) is 0 Å². The summed E-state index contributed by atoms with van der Waals surface area (Å²) in [6.45, 7) is 5.11. The van der Waals surface area contributed by atoms with Crippen LogP contribution in [0, 0.1) is 13.8 Å². The van der Waals surface area contributed by atoms with Crippen molar-refractivity contribution in [3.8, 4) is 17.2 Å². The van der Waals surface area contributed by atoms with Crippen molar-refractivity contribution in [3.05, 3.63) is 53.6 Å².